The maximum atomic E-state index is 12.4. The number of aryl methyl sites for hydroxylation is 1. The molecule has 0 fully saturated rings. The Morgan fingerprint density at radius 3 is 1.96 bits per heavy atom. The van der Waals surface area contributed by atoms with E-state index in [4.69, 9.17) is 4.18 Å². The van der Waals surface area contributed by atoms with Crippen molar-refractivity contribution in [1.29, 1.82) is 0 Å². The second kappa shape index (κ2) is 7.22. The molecule has 7 nitrogen and oxygen atoms in total. The highest BCUT2D eigenvalue weighted by Crippen LogP contribution is 2.22. The molecule has 0 aromatic heterocycles. The number of hydrazine groups is 1. The van der Waals surface area contributed by atoms with Crippen LogP contribution in [0.4, 0.5) is 0 Å². The fourth-order valence-corrected chi connectivity index (χ4v) is 3.81. The van der Waals surface area contributed by atoms with Crippen molar-refractivity contribution in [3.8, 4) is 0 Å². The molecule has 0 saturated heterocycles. The van der Waals surface area contributed by atoms with E-state index in [1.165, 1.54) is 12.1 Å². The van der Waals surface area contributed by atoms with Gasteiger partial charge in [0, 0.05) is 0 Å². The summed E-state index contributed by atoms with van der Waals surface area (Å²) in [5.41, 5.74) is 4.30. The lowest BCUT2D eigenvalue weighted by Crippen LogP contribution is -2.51. The second-order valence-electron chi connectivity index (χ2n) is 6.48. The van der Waals surface area contributed by atoms with Crippen LogP contribution >= 0.6 is 0 Å². The van der Waals surface area contributed by atoms with Crippen LogP contribution in [-0.4, -0.2) is 37.4 Å². The summed E-state index contributed by atoms with van der Waals surface area (Å²) in [6.07, 6.45) is -0.819. The number of hydrogen-bond acceptors (Lipinski definition) is 6. The highest BCUT2D eigenvalue weighted by molar-refractivity contribution is 7.86. The molecule has 2 atom stereocenters. The van der Waals surface area contributed by atoms with E-state index >= 15 is 0 Å². The van der Waals surface area contributed by atoms with Gasteiger partial charge in [0.1, 0.15) is 0 Å². The molecule has 1 N–H and O–H groups in total. The van der Waals surface area contributed by atoms with Gasteiger partial charge in [-0.25, -0.2) is 10.4 Å². The molecule has 0 bridgehead atoms. The Balaban J connectivity index is 1.70. The van der Waals surface area contributed by atoms with Crippen LogP contribution in [0.3, 0.4) is 0 Å². The molecule has 27 heavy (non-hydrogen) atoms. The summed E-state index contributed by atoms with van der Waals surface area (Å²) in [6.45, 7) is 5.05. The van der Waals surface area contributed by atoms with Crippen molar-refractivity contribution >= 4 is 21.9 Å². The van der Waals surface area contributed by atoms with E-state index in [2.05, 4.69) is 5.43 Å². The van der Waals surface area contributed by atoms with Gasteiger partial charge in [-0.05, 0) is 45.0 Å². The number of hydrogen-bond donors (Lipinski definition) is 1. The maximum Gasteiger partial charge on any atom is 0.297 e. The van der Waals surface area contributed by atoms with E-state index in [-0.39, 0.29) is 4.90 Å². The zero-order valence-electron chi connectivity index (χ0n) is 15.2. The molecular formula is C19H20N2O5S. The number of carbonyl (C=O) groups excluding carboxylic acids is 2. The Bertz CT molecular complexity index is 950. The molecule has 2 aromatic rings. The minimum atomic E-state index is -3.96. The summed E-state index contributed by atoms with van der Waals surface area (Å²) in [5.74, 6) is -0.952. The van der Waals surface area contributed by atoms with E-state index in [0.717, 1.165) is 10.6 Å². The van der Waals surface area contributed by atoms with Crippen LogP contribution in [0.2, 0.25) is 0 Å². The maximum absolute atomic E-state index is 12.4. The third kappa shape index (κ3) is 3.78. The third-order valence-electron chi connectivity index (χ3n) is 4.42. The lowest BCUT2D eigenvalue weighted by molar-refractivity contribution is 0.0481. The summed E-state index contributed by atoms with van der Waals surface area (Å²) in [6, 6.07) is 12.2. The Kier molecular flexibility index (Phi) is 5.14. The molecule has 2 aromatic carbocycles. The number of nitrogens with zero attached hydrogens (tertiary/aromatic N) is 1. The zero-order chi connectivity index (χ0) is 19.8. The zero-order valence-corrected chi connectivity index (χ0v) is 16.0. The average molecular weight is 388 g/mol. The van der Waals surface area contributed by atoms with Gasteiger partial charge >= 0.3 is 0 Å². The molecule has 2 amide bonds. The van der Waals surface area contributed by atoms with Crippen molar-refractivity contribution in [2.24, 2.45) is 0 Å². The predicted octanol–water partition coefficient (Wildman–Crippen LogP) is 2.28. The normalized spacial score (nSPS) is 16.3. The highest BCUT2D eigenvalue weighted by Gasteiger charge is 2.37. The van der Waals surface area contributed by atoms with Crippen LogP contribution < -0.4 is 5.43 Å². The van der Waals surface area contributed by atoms with E-state index in [0.29, 0.717) is 11.1 Å². The van der Waals surface area contributed by atoms with Gasteiger partial charge in [0.25, 0.3) is 21.9 Å². The Hall–Kier alpha value is -2.55. The predicted molar refractivity (Wildman–Crippen MR) is 98.5 cm³/mol. The molecule has 1 aliphatic heterocycles. The number of fused-ring (bicyclic) bond motifs is 1. The van der Waals surface area contributed by atoms with Crippen molar-refractivity contribution in [2.45, 2.75) is 37.8 Å². The molecule has 0 saturated carbocycles. The van der Waals surface area contributed by atoms with Crippen LogP contribution in [-0.2, 0) is 14.3 Å². The highest BCUT2D eigenvalue weighted by atomic mass is 32.2. The summed E-state index contributed by atoms with van der Waals surface area (Å²) in [5, 5.41) is 0.897. The monoisotopic (exact) mass is 388 g/mol. The Morgan fingerprint density at radius 1 is 0.926 bits per heavy atom. The number of rotatable bonds is 6. The van der Waals surface area contributed by atoms with Gasteiger partial charge in [0.15, 0.2) is 0 Å². The SMILES string of the molecule is Cc1ccc(S(=O)(=O)O[C@H](C)[C@H](C)NN2C(=O)c3ccccc3C2=O)cc1. The first kappa shape index (κ1) is 19.2. The lowest BCUT2D eigenvalue weighted by atomic mass is 10.1. The molecule has 8 heteroatoms. The van der Waals surface area contributed by atoms with Crippen molar-refractivity contribution in [3.63, 3.8) is 0 Å². The van der Waals surface area contributed by atoms with Gasteiger partial charge in [0.2, 0.25) is 0 Å². The van der Waals surface area contributed by atoms with Crippen molar-refractivity contribution in [2.75, 3.05) is 0 Å². The number of imide groups is 1. The fraction of sp³-hybridized carbons (Fsp3) is 0.263. The van der Waals surface area contributed by atoms with Crippen molar-refractivity contribution in [3.05, 3.63) is 65.2 Å². The van der Waals surface area contributed by atoms with Crippen LogP contribution in [0.15, 0.2) is 53.4 Å². The van der Waals surface area contributed by atoms with Gasteiger partial charge in [-0.15, -0.1) is 0 Å². The minimum Gasteiger partial charge on any atom is -0.267 e. The smallest absolute Gasteiger partial charge is 0.267 e. The molecule has 0 spiro atoms. The number of benzene rings is 2. The summed E-state index contributed by atoms with van der Waals surface area (Å²) >= 11 is 0. The first-order chi connectivity index (χ1) is 12.7. The summed E-state index contributed by atoms with van der Waals surface area (Å²) < 4.78 is 30.1. The molecular weight excluding hydrogens is 368 g/mol. The van der Waals surface area contributed by atoms with E-state index in [1.54, 1.807) is 50.2 Å². The van der Waals surface area contributed by atoms with Crippen molar-refractivity contribution in [1.82, 2.24) is 10.4 Å². The second-order valence-corrected chi connectivity index (χ2v) is 8.05. The number of nitrogens with one attached hydrogen (secondary N) is 1. The molecule has 1 heterocycles. The van der Waals surface area contributed by atoms with Crippen LogP contribution in [0, 0.1) is 6.92 Å². The number of amides is 2. The molecule has 0 radical (unpaired) electrons. The van der Waals surface area contributed by atoms with Crippen LogP contribution in [0.5, 0.6) is 0 Å². The van der Waals surface area contributed by atoms with Gasteiger partial charge in [-0.1, -0.05) is 29.8 Å². The topological polar surface area (TPSA) is 92.8 Å². The number of carbonyl (C=O) groups is 2. The largest absolute Gasteiger partial charge is 0.297 e. The molecule has 0 unspecified atom stereocenters. The van der Waals surface area contributed by atoms with Gasteiger partial charge in [-0.3, -0.25) is 13.8 Å². The standard InChI is InChI=1S/C19H20N2O5S/c1-12-8-10-15(11-9-12)27(24,25)26-14(3)13(2)20-21-18(22)16-6-4-5-7-17(16)19(21)23/h4-11,13-14,20H,1-3H3/t13-,14+/m0/s1. The van der Waals surface area contributed by atoms with Crippen LogP contribution in [0.25, 0.3) is 0 Å². The van der Waals surface area contributed by atoms with E-state index in [1.807, 2.05) is 6.92 Å². The average Bonchev–Trinajstić information content (AvgIpc) is 2.87. The van der Waals surface area contributed by atoms with Crippen molar-refractivity contribution < 1.29 is 22.2 Å². The third-order valence-corrected chi connectivity index (χ3v) is 5.83. The molecule has 0 aliphatic carbocycles. The quantitative estimate of drug-likeness (QED) is 0.603. The Labute approximate surface area is 158 Å². The molecule has 3 rings (SSSR count). The van der Waals surface area contributed by atoms with E-state index in [9.17, 15) is 18.0 Å². The van der Waals surface area contributed by atoms with Gasteiger partial charge < -0.3 is 0 Å². The van der Waals surface area contributed by atoms with E-state index < -0.39 is 34.1 Å². The van der Waals surface area contributed by atoms with Crippen LogP contribution in [0.1, 0.15) is 40.1 Å². The molecule has 142 valence electrons. The first-order valence-electron chi connectivity index (χ1n) is 8.44. The summed E-state index contributed by atoms with van der Waals surface area (Å²) in [4.78, 5) is 24.8. The fourth-order valence-electron chi connectivity index (χ4n) is 2.66. The summed E-state index contributed by atoms with van der Waals surface area (Å²) in [7, 11) is -3.96. The lowest BCUT2D eigenvalue weighted by Gasteiger charge is -2.25. The van der Waals surface area contributed by atoms with Gasteiger partial charge in [-0.2, -0.15) is 8.42 Å². The molecule has 1 aliphatic rings. The first-order valence-corrected chi connectivity index (χ1v) is 9.85. The Morgan fingerprint density at radius 2 is 1.44 bits per heavy atom. The van der Waals surface area contributed by atoms with Gasteiger partial charge in [0.05, 0.1) is 28.2 Å². The minimum absolute atomic E-state index is 0.0490.